The number of benzene rings is 2. The van der Waals surface area contributed by atoms with Gasteiger partial charge in [0.15, 0.2) is 5.13 Å². The molecule has 3 nitrogen and oxygen atoms in total. The third-order valence-electron chi connectivity index (χ3n) is 5.04. The van der Waals surface area contributed by atoms with Crippen molar-refractivity contribution in [2.24, 2.45) is 0 Å². The molecule has 1 N–H and O–H groups in total. The molecular weight excluding hydrogens is 328 g/mol. The van der Waals surface area contributed by atoms with Gasteiger partial charge in [-0.1, -0.05) is 42.5 Å². The lowest BCUT2D eigenvalue weighted by Crippen LogP contribution is -2.27. The van der Waals surface area contributed by atoms with Crippen molar-refractivity contribution < 1.29 is 4.79 Å². The standard InChI is InChI=1S/C21H20N2OS/c1-14-8-9-16(12-15(14)2)18-13-25-20(22-18)23-19(24)21(10-11-21)17-6-4-3-5-7-17/h3-9,12-13H,10-11H2,1-2H3,(H,22,23,24). The molecule has 25 heavy (non-hydrogen) atoms. The molecule has 126 valence electrons. The van der Waals surface area contributed by atoms with Crippen LogP contribution in [0.1, 0.15) is 29.5 Å². The SMILES string of the molecule is Cc1ccc(-c2csc(NC(=O)C3(c4ccccc4)CC3)n2)cc1C. The van der Waals surface area contributed by atoms with E-state index in [0.29, 0.717) is 5.13 Å². The van der Waals surface area contributed by atoms with E-state index in [1.165, 1.54) is 22.5 Å². The van der Waals surface area contributed by atoms with Crippen molar-refractivity contribution in [2.45, 2.75) is 32.1 Å². The average Bonchev–Trinajstić information content (AvgIpc) is 3.32. The van der Waals surface area contributed by atoms with E-state index in [1.54, 1.807) is 0 Å². The Morgan fingerprint density at radius 3 is 2.52 bits per heavy atom. The van der Waals surface area contributed by atoms with Crippen LogP contribution in [0, 0.1) is 13.8 Å². The predicted molar refractivity (Wildman–Crippen MR) is 103 cm³/mol. The van der Waals surface area contributed by atoms with Crippen LogP contribution >= 0.6 is 11.3 Å². The van der Waals surface area contributed by atoms with E-state index in [0.717, 1.165) is 29.7 Å². The van der Waals surface area contributed by atoms with Gasteiger partial charge in [-0.2, -0.15) is 0 Å². The maximum atomic E-state index is 12.8. The summed E-state index contributed by atoms with van der Waals surface area (Å²) in [6.07, 6.45) is 1.80. The van der Waals surface area contributed by atoms with E-state index in [-0.39, 0.29) is 11.3 Å². The normalized spacial score (nSPS) is 15.0. The topological polar surface area (TPSA) is 42.0 Å². The zero-order valence-corrected chi connectivity index (χ0v) is 15.2. The fourth-order valence-corrected chi connectivity index (χ4v) is 3.82. The lowest BCUT2D eigenvalue weighted by Gasteiger charge is -2.14. The van der Waals surface area contributed by atoms with Crippen molar-refractivity contribution in [3.05, 3.63) is 70.6 Å². The molecule has 4 rings (SSSR count). The van der Waals surface area contributed by atoms with Crippen molar-refractivity contribution in [1.82, 2.24) is 4.98 Å². The van der Waals surface area contributed by atoms with Crippen LogP contribution < -0.4 is 5.32 Å². The van der Waals surface area contributed by atoms with Crippen LogP contribution in [0.25, 0.3) is 11.3 Å². The summed E-state index contributed by atoms with van der Waals surface area (Å²) < 4.78 is 0. The Balaban J connectivity index is 1.53. The molecule has 1 aliphatic rings. The minimum Gasteiger partial charge on any atom is -0.301 e. The second-order valence-corrected chi connectivity index (χ2v) is 7.60. The molecule has 0 bridgehead atoms. The molecular formula is C21H20N2OS. The van der Waals surface area contributed by atoms with Gasteiger partial charge in [-0.25, -0.2) is 4.98 Å². The summed E-state index contributed by atoms with van der Waals surface area (Å²) in [5.41, 5.74) is 5.24. The Morgan fingerprint density at radius 2 is 1.84 bits per heavy atom. The van der Waals surface area contributed by atoms with Gasteiger partial charge in [0.2, 0.25) is 5.91 Å². The van der Waals surface area contributed by atoms with Crippen molar-refractivity contribution in [1.29, 1.82) is 0 Å². The van der Waals surface area contributed by atoms with E-state index in [2.05, 4.69) is 42.3 Å². The highest BCUT2D eigenvalue weighted by atomic mass is 32.1. The molecule has 0 aliphatic heterocycles. The first-order valence-electron chi connectivity index (χ1n) is 8.49. The molecule has 1 aliphatic carbocycles. The van der Waals surface area contributed by atoms with Crippen LogP contribution in [0.15, 0.2) is 53.9 Å². The summed E-state index contributed by atoms with van der Waals surface area (Å²) in [6, 6.07) is 16.4. The average molecular weight is 348 g/mol. The van der Waals surface area contributed by atoms with Gasteiger partial charge < -0.3 is 5.32 Å². The molecule has 1 amide bonds. The minimum absolute atomic E-state index is 0.0553. The van der Waals surface area contributed by atoms with Gasteiger partial charge in [-0.3, -0.25) is 4.79 Å². The summed E-state index contributed by atoms with van der Waals surface area (Å²) in [5, 5.41) is 5.70. The fourth-order valence-electron chi connectivity index (χ4n) is 3.11. The summed E-state index contributed by atoms with van der Waals surface area (Å²) in [6.45, 7) is 4.20. The molecule has 0 radical (unpaired) electrons. The van der Waals surface area contributed by atoms with E-state index in [4.69, 9.17) is 0 Å². The first kappa shape index (κ1) is 16.0. The van der Waals surface area contributed by atoms with Crippen LogP contribution in [0.4, 0.5) is 5.13 Å². The smallest absolute Gasteiger partial charge is 0.236 e. The van der Waals surface area contributed by atoms with Gasteiger partial charge >= 0.3 is 0 Å². The van der Waals surface area contributed by atoms with Crippen LogP contribution in [0.2, 0.25) is 0 Å². The first-order valence-corrected chi connectivity index (χ1v) is 9.37. The van der Waals surface area contributed by atoms with Gasteiger partial charge in [-0.05, 0) is 49.4 Å². The van der Waals surface area contributed by atoms with Crippen molar-refractivity contribution in [3.8, 4) is 11.3 Å². The van der Waals surface area contributed by atoms with E-state index < -0.39 is 0 Å². The lowest BCUT2D eigenvalue weighted by molar-refractivity contribution is -0.118. The number of aromatic nitrogens is 1. The number of anilines is 1. The Bertz CT molecular complexity index is 926. The van der Waals surface area contributed by atoms with Crippen molar-refractivity contribution in [2.75, 3.05) is 5.32 Å². The van der Waals surface area contributed by atoms with Crippen molar-refractivity contribution >= 4 is 22.4 Å². The Kier molecular flexibility index (Phi) is 3.92. The number of hydrogen-bond donors (Lipinski definition) is 1. The maximum absolute atomic E-state index is 12.8. The van der Waals surface area contributed by atoms with Gasteiger partial charge in [0.25, 0.3) is 0 Å². The molecule has 3 aromatic rings. The number of carbonyl (C=O) groups excluding carboxylic acids is 1. The van der Waals surface area contributed by atoms with Gasteiger partial charge in [-0.15, -0.1) is 11.3 Å². The molecule has 1 fully saturated rings. The number of amides is 1. The van der Waals surface area contributed by atoms with E-state index >= 15 is 0 Å². The molecule has 0 unspecified atom stereocenters. The summed E-state index contributed by atoms with van der Waals surface area (Å²) in [5.74, 6) is 0.0553. The van der Waals surface area contributed by atoms with E-state index in [1.807, 2.05) is 35.7 Å². The Hall–Kier alpha value is -2.46. The van der Waals surface area contributed by atoms with Crippen LogP contribution in [0.5, 0.6) is 0 Å². The molecule has 0 spiro atoms. The number of hydrogen-bond acceptors (Lipinski definition) is 3. The number of nitrogens with one attached hydrogen (secondary N) is 1. The summed E-state index contributed by atoms with van der Waals surface area (Å²) in [7, 11) is 0. The molecule has 1 heterocycles. The van der Waals surface area contributed by atoms with Crippen LogP contribution in [0.3, 0.4) is 0 Å². The van der Waals surface area contributed by atoms with Gasteiger partial charge in [0.1, 0.15) is 0 Å². The number of thiazole rings is 1. The summed E-state index contributed by atoms with van der Waals surface area (Å²) >= 11 is 1.48. The van der Waals surface area contributed by atoms with Crippen LogP contribution in [-0.2, 0) is 10.2 Å². The quantitative estimate of drug-likeness (QED) is 0.713. The molecule has 0 atom stereocenters. The van der Waals surface area contributed by atoms with E-state index in [9.17, 15) is 4.79 Å². The molecule has 1 aromatic heterocycles. The highest BCUT2D eigenvalue weighted by Crippen LogP contribution is 2.49. The third kappa shape index (κ3) is 2.98. The number of aryl methyl sites for hydroxylation is 2. The molecule has 0 saturated heterocycles. The largest absolute Gasteiger partial charge is 0.301 e. The highest BCUT2D eigenvalue weighted by molar-refractivity contribution is 7.14. The number of carbonyl (C=O) groups is 1. The monoisotopic (exact) mass is 348 g/mol. The maximum Gasteiger partial charge on any atom is 0.236 e. The number of nitrogens with zero attached hydrogens (tertiary/aromatic N) is 1. The highest BCUT2D eigenvalue weighted by Gasteiger charge is 2.51. The first-order chi connectivity index (χ1) is 12.1. The Labute approximate surface area is 151 Å². The third-order valence-corrected chi connectivity index (χ3v) is 5.80. The minimum atomic E-state index is -0.368. The molecule has 2 aromatic carbocycles. The Morgan fingerprint density at radius 1 is 1.08 bits per heavy atom. The zero-order valence-electron chi connectivity index (χ0n) is 14.4. The second kappa shape index (κ2) is 6.12. The number of rotatable bonds is 4. The molecule has 1 saturated carbocycles. The van der Waals surface area contributed by atoms with Crippen LogP contribution in [-0.4, -0.2) is 10.9 Å². The zero-order chi connectivity index (χ0) is 17.4. The molecule has 4 heteroatoms. The predicted octanol–water partition coefficient (Wildman–Crippen LogP) is 5.10. The fraction of sp³-hybridized carbons (Fsp3) is 0.238. The van der Waals surface area contributed by atoms with Gasteiger partial charge in [0, 0.05) is 10.9 Å². The summed E-state index contributed by atoms with van der Waals surface area (Å²) in [4.78, 5) is 17.4. The second-order valence-electron chi connectivity index (χ2n) is 6.74. The van der Waals surface area contributed by atoms with Gasteiger partial charge in [0.05, 0.1) is 11.1 Å². The van der Waals surface area contributed by atoms with Crippen molar-refractivity contribution in [3.63, 3.8) is 0 Å². The lowest BCUT2D eigenvalue weighted by atomic mass is 9.95.